The maximum Gasteiger partial charge on any atom is 0.209 e. The van der Waals surface area contributed by atoms with E-state index in [1.807, 2.05) is 0 Å². The number of hydrogen-bond acceptors (Lipinski definition) is 2. The maximum absolute atomic E-state index is 12.1. The Balaban J connectivity index is 1.96. The molecule has 5 heteroatoms. The zero-order valence-electron chi connectivity index (χ0n) is 11.5. The molecule has 2 rings (SSSR count). The number of nitrogens with zero attached hydrogens (tertiary/aromatic N) is 2. The van der Waals surface area contributed by atoms with Gasteiger partial charge in [-0.1, -0.05) is 18.2 Å². The van der Waals surface area contributed by atoms with Gasteiger partial charge in [-0.25, -0.2) is 4.39 Å². The molecule has 2 N–H and O–H groups in total. The van der Waals surface area contributed by atoms with Crippen molar-refractivity contribution in [3.05, 3.63) is 34.9 Å². The average molecular weight is 274 g/mol. The van der Waals surface area contributed by atoms with Gasteiger partial charge >= 0.3 is 0 Å². The lowest BCUT2D eigenvalue weighted by Gasteiger charge is -2.17. The highest BCUT2D eigenvalue weighted by molar-refractivity contribution is 5.80. The summed E-state index contributed by atoms with van der Waals surface area (Å²) in [6.07, 6.45) is 6.54. The number of nitrogens with one attached hydrogen (secondary N) is 2. The van der Waals surface area contributed by atoms with E-state index in [2.05, 4.69) is 33.8 Å². The van der Waals surface area contributed by atoms with Crippen LogP contribution in [0.15, 0.2) is 23.2 Å². The normalized spacial score (nSPS) is 14.3. The van der Waals surface area contributed by atoms with Gasteiger partial charge in [-0.2, -0.15) is 5.26 Å². The molecule has 20 heavy (non-hydrogen) atoms. The second kappa shape index (κ2) is 7.49. The minimum atomic E-state index is -0.495. The first kappa shape index (κ1) is 14.3. The van der Waals surface area contributed by atoms with E-state index < -0.39 is 6.67 Å². The number of nitriles is 1. The molecule has 0 aliphatic heterocycles. The highest BCUT2D eigenvalue weighted by atomic mass is 19.1. The van der Waals surface area contributed by atoms with Crippen LogP contribution in [0.5, 0.6) is 0 Å². The van der Waals surface area contributed by atoms with Gasteiger partial charge in [0.2, 0.25) is 12.2 Å². The molecule has 0 saturated heterocycles. The fraction of sp³-hybridized carbons (Fsp3) is 0.467. The van der Waals surface area contributed by atoms with Gasteiger partial charge in [0.15, 0.2) is 0 Å². The predicted molar refractivity (Wildman–Crippen MR) is 76.9 cm³/mol. The minimum absolute atomic E-state index is 0.150. The van der Waals surface area contributed by atoms with Crippen molar-refractivity contribution in [2.45, 2.75) is 32.2 Å². The van der Waals surface area contributed by atoms with Crippen LogP contribution >= 0.6 is 0 Å². The fourth-order valence-corrected chi connectivity index (χ4v) is 2.44. The van der Waals surface area contributed by atoms with Crippen LogP contribution < -0.4 is 10.6 Å². The van der Waals surface area contributed by atoms with Crippen LogP contribution in [0.2, 0.25) is 0 Å². The van der Waals surface area contributed by atoms with Crippen LogP contribution in [0.1, 0.15) is 29.5 Å². The van der Waals surface area contributed by atoms with Gasteiger partial charge in [-0.05, 0) is 42.4 Å². The fourth-order valence-electron chi connectivity index (χ4n) is 2.44. The molecule has 106 valence electrons. The highest BCUT2D eigenvalue weighted by Gasteiger charge is 2.09. The van der Waals surface area contributed by atoms with E-state index in [4.69, 9.17) is 5.26 Å². The Morgan fingerprint density at radius 1 is 1.25 bits per heavy atom. The van der Waals surface area contributed by atoms with E-state index >= 15 is 0 Å². The molecule has 0 fully saturated rings. The zero-order valence-corrected chi connectivity index (χ0v) is 11.5. The largest absolute Gasteiger partial charge is 0.353 e. The van der Waals surface area contributed by atoms with E-state index in [9.17, 15) is 4.39 Å². The number of alkyl halides is 1. The SMILES string of the molecule is N#C/N=C(\NCCF)NCc1ccc2c(c1)CCCC2. The molecule has 1 aliphatic carbocycles. The monoisotopic (exact) mass is 274 g/mol. The van der Waals surface area contributed by atoms with Crippen LogP contribution in [0.25, 0.3) is 0 Å². The van der Waals surface area contributed by atoms with Crippen molar-refractivity contribution < 1.29 is 4.39 Å². The standard InChI is InChI=1S/C15H19FN4/c16-7-8-18-15(20-11-17)19-10-12-5-6-13-3-1-2-4-14(13)9-12/h5-6,9H,1-4,7-8,10H2,(H2,18,19,20). The number of guanidine groups is 1. The Bertz CT molecular complexity index is 519. The van der Waals surface area contributed by atoms with Crippen LogP contribution in [-0.2, 0) is 19.4 Å². The summed E-state index contributed by atoms with van der Waals surface area (Å²) in [5.74, 6) is 0.322. The minimum Gasteiger partial charge on any atom is -0.353 e. The van der Waals surface area contributed by atoms with Gasteiger partial charge < -0.3 is 10.6 Å². The first-order chi connectivity index (χ1) is 9.83. The number of aliphatic imine (C=N–C) groups is 1. The first-order valence-corrected chi connectivity index (χ1v) is 6.94. The van der Waals surface area contributed by atoms with Crippen molar-refractivity contribution in [1.29, 1.82) is 5.26 Å². The van der Waals surface area contributed by atoms with E-state index in [1.54, 1.807) is 6.19 Å². The molecule has 1 aliphatic rings. The van der Waals surface area contributed by atoms with E-state index in [0.717, 1.165) is 12.0 Å². The molecule has 0 saturated carbocycles. The summed E-state index contributed by atoms with van der Waals surface area (Å²) in [5, 5.41) is 14.4. The Hall–Kier alpha value is -2.09. The third-order valence-corrected chi connectivity index (χ3v) is 3.42. The maximum atomic E-state index is 12.1. The zero-order chi connectivity index (χ0) is 14.2. The van der Waals surface area contributed by atoms with Crippen molar-refractivity contribution in [3.8, 4) is 6.19 Å². The Labute approximate surface area is 118 Å². The summed E-state index contributed by atoms with van der Waals surface area (Å²) in [6, 6.07) is 6.48. The molecule has 0 atom stereocenters. The lowest BCUT2D eigenvalue weighted by atomic mass is 9.90. The quantitative estimate of drug-likeness (QED) is 0.502. The smallest absolute Gasteiger partial charge is 0.209 e. The summed E-state index contributed by atoms with van der Waals surface area (Å²) in [6.45, 7) is 0.232. The summed E-state index contributed by atoms with van der Waals surface area (Å²) in [5.41, 5.74) is 4.02. The topological polar surface area (TPSA) is 60.2 Å². The molecule has 0 unspecified atom stereocenters. The Morgan fingerprint density at radius 2 is 2.05 bits per heavy atom. The van der Waals surface area contributed by atoms with Crippen LogP contribution in [0, 0.1) is 11.5 Å². The summed E-state index contributed by atoms with van der Waals surface area (Å²) < 4.78 is 12.1. The highest BCUT2D eigenvalue weighted by Crippen LogP contribution is 2.22. The second-order valence-electron chi connectivity index (χ2n) is 4.84. The van der Waals surface area contributed by atoms with Crippen LogP contribution in [-0.4, -0.2) is 19.2 Å². The van der Waals surface area contributed by atoms with Gasteiger partial charge in [0, 0.05) is 13.1 Å². The number of hydrogen-bond donors (Lipinski definition) is 2. The predicted octanol–water partition coefficient (Wildman–Crippen LogP) is 2.05. The Morgan fingerprint density at radius 3 is 2.80 bits per heavy atom. The third-order valence-electron chi connectivity index (χ3n) is 3.42. The van der Waals surface area contributed by atoms with Gasteiger partial charge in [-0.3, -0.25) is 0 Å². The van der Waals surface area contributed by atoms with Crippen molar-refractivity contribution in [1.82, 2.24) is 10.6 Å². The van der Waals surface area contributed by atoms with Gasteiger partial charge in [-0.15, -0.1) is 4.99 Å². The second-order valence-corrected chi connectivity index (χ2v) is 4.84. The summed E-state index contributed by atoms with van der Waals surface area (Å²) in [4.78, 5) is 3.60. The van der Waals surface area contributed by atoms with Crippen molar-refractivity contribution in [2.75, 3.05) is 13.2 Å². The molecular weight excluding hydrogens is 255 g/mol. The molecule has 0 amide bonds. The van der Waals surface area contributed by atoms with E-state index in [-0.39, 0.29) is 6.54 Å². The molecule has 0 aromatic heterocycles. The van der Waals surface area contributed by atoms with Gasteiger partial charge in [0.1, 0.15) is 6.67 Å². The van der Waals surface area contributed by atoms with Crippen LogP contribution in [0.4, 0.5) is 4.39 Å². The van der Waals surface area contributed by atoms with Gasteiger partial charge in [0.25, 0.3) is 0 Å². The number of fused-ring (bicyclic) bond motifs is 1. The molecular formula is C15H19FN4. The lowest BCUT2D eigenvalue weighted by molar-refractivity contribution is 0.489. The molecule has 0 spiro atoms. The Kier molecular flexibility index (Phi) is 5.36. The van der Waals surface area contributed by atoms with Crippen LogP contribution in [0.3, 0.4) is 0 Å². The molecule has 4 nitrogen and oxygen atoms in total. The van der Waals surface area contributed by atoms with Crippen molar-refractivity contribution in [2.24, 2.45) is 4.99 Å². The third kappa shape index (κ3) is 3.95. The number of benzene rings is 1. The molecule has 0 radical (unpaired) electrons. The lowest BCUT2D eigenvalue weighted by Crippen LogP contribution is -2.37. The number of halogens is 1. The molecule has 1 aromatic carbocycles. The summed E-state index contributed by atoms with van der Waals surface area (Å²) in [7, 11) is 0. The van der Waals surface area contributed by atoms with Crippen molar-refractivity contribution in [3.63, 3.8) is 0 Å². The first-order valence-electron chi connectivity index (χ1n) is 6.94. The van der Waals surface area contributed by atoms with E-state index in [0.29, 0.717) is 12.5 Å². The van der Waals surface area contributed by atoms with Gasteiger partial charge in [0.05, 0.1) is 0 Å². The van der Waals surface area contributed by atoms with E-state index in [1.165, 1.54) is 30.4 Å². The summed E-state index contributed by atoms with van der Waals surface area (Å²) >= 11 is 0. The average Bonchev–Trinajstić information content (AvgIpc) is 2.50. The number of aryl methyl sites for hydroxylation is 2. The van der Waals surface area contributed by atoms with Crippen molar-refractivity contribution >= 4 is 5.96 Å². The molecule has 0 bridgehead atoms. The number of rotatable bonds is 4. The molecule has 0 heterocycles. The molecule has 1 aromatic rings.